The lowest BCUT2D eigenvalue weighted by Crippen LogP contribution is -2.59. The van der Waals surface area contributed by atoms with Crippen LogP contribution in [0.5, 0.6) is 0 Å². The van der Waals surface area contributed by atoms with E-state index in [1.807, 2.05) is 0 Å². The maximum atomic E-state index is 14.3. The van der Waals surface area contributed by atoms with Gasteiger partial charge in [0.05, 0.1) is 22.3 Å². The quantitative estimate of drug-likeness (QED) is 0.367. The standard InChI is InChI=1S/C19H10F6O6/c20-18(21,22)17(19(23,24)25,7-1-3-9-11(5-7)15(28)30-13(9)26)8-2-4-10-12(6-8)16(29)31-14(10)27/h3-8H,1-2H2. The van der Waals surface area contributed by atoms with Gasteiger partial charge < -0.3 is 9.47 Å². The number of cyclic esters (lactones) is 4. The van der Waals surface area contributed by atoms with Gasteiger partial charge >= 0.3 is 36.2 Å². The molecule has 0 N–H and O–H groups in total. The van der Waals surface area contributed by atoms with Gasteiger partial charge in [0.25, 0.3) is 0 Å². The Labute approximate surface area is 168 Å². The van der Waals surface area contributed by atoms with Gasteiger partial charge in [-0.1, -0.05) is 24.3 Å². The molecule has 164 valence electrons. The third-order valence-electron chi connectivity index (χ3n) is 5.83. The summed E-state index contributed by atoms with van der Waals surface area (Å²) in [6.45, 7) is 0. The van der Waals surface area contributed by atoms with E-state index in [1.54, 1.807) is 0 Å². The van der Waals surface area contributed by atoms with Crippen molar-refractivity contribution in [1.29, 1.82) is 0 Å². The summed E-state index contributed by atoms with van der Waals surface area (Å²) in [5.74, 6) is -9.66. The van der Waals surface area contributed by atoms with Gasteiger partial charge in [-0.05, 0) is 12.8 Å². The van der Waals surface area contributed by atoms with E-state index in [0.29, 0.717) is 12.2 Å². The Balaban J connectivity index is 1.89. The van der Waals surface area contributed by atoms with Crippen LogP contribution >= 0.6 is 0 Å². The summed E-state index contributed by atoms with van der Waals surface area (Å²) in [7, 11) is 0. The smallest absolute Gasteiger partial charge is 0.386 e. The number of esters is 4. The van der Waals surface area contributed by atoms with Gasteiger partial charge in [0.2, 0.25) is 0 Å². The minimum Gasteiger partial charge on any atom is -0.386 e. The third kappa shape index (κ3) is 2.80. The molecule has 0 aromatic carbocycles. The first-order valence-corrected chi connectivity index (χ1v) is 8.80. The van der Waals surface area contributed by atoms with E-state index in [0.717, 1.165) is 12.2 Å². The Morgan fingerprint density at radius 2 is 0.935 bits per heavy atom. The van der Waals surface area contributed by atoms with Crippen LogP contribution in [0.3, 0.4) is 0 Å². The van der Waals surface area contributed by atoms with Crippen LogP contribution in [0.4, 0.5) is 26.3 Å². The van der Waals surface area contributed by atoms with Crippen molar-refractivity contribution in [3.63, 3.8) is 0 Å². The lowest BCUT2D eigenvalue weighted by Gasteiger charge is -2.47. The lowest BCUT2D eigenvalue weighted by atomic mass is 9.60. The molecular weight excluding hydrogens is 438 g/mol. The second kappa shape index (κ2) is 6.41. The summed E-state index contributed by atoms with van der Waals surface area (Å²) in [5.41, 5.74) is -6.56. The number of carbonyl (C=O) groups is 4. The fourth-order valence-corrected chi connectivity index (χ4v) is 4.47. The Hall–Kier alpha value is -3.18. The zero-order chi connectivity index (χ0) is 22.9. The van der Waals surface area contributed by atoms with E-state index in [9.17, 15) is 45.5 Å². The molecular formula is C19H10F6O6. The number of hydrogen-bond donors (Lipinski definition) is 0. The normalized spacial score (nSPS) is 26.4. The van der Waals surface area contributed by atoms with Crippen LogP contribution in [0.1, 0.15) is 12.8 Å². The van der Waals surface area contributed by atoms with Gasteiger partial charge in [-0.25, -0.2) is 19.2 Å². The number of carbonyl (C=O) groups excluding carboxylic acids is 4. The van der Waals surface area contributed by atoms with Crippen molar-refractivity contribution >= 4 is 23.9 Å². The van der Waals surface area contributed by atoms with E-state index < -0.39 is 88.6 Å². The first-order valence-electron chi connectivity index (χ1n) is 8.80. The maximum Gasteiger partial charge on any atom is 0.404 e. The highest BCUT2D eigenvalue weighted by atomic mass is 19.4. The Morgan fingerprint density at radius 3 is 1.26 bits per heavy atom. The second-order valence-corrected chi connectivity index (χ2v) is 7.30. The summed E-state index contributed by atoms with van der Waals surface area (Å²) in [6.07, 6.45) is -11.0. The summed E-state index contributed by atoms with van der Waals surface area (Å²) >= 11 is 0. The van der Waals surface area contributed by atoms with Crippen LogP contribution in [0.2, 0.25) is 0 Å². The molecule has 2 unspecified atom stereocenters. The summed E-state index contributed by atoms with van der Waals surface area (Å²) in [6, 6.07) is 0. The van der Waals surface area contributed by atoms with Gasteiger partial charge in [0, 0.05) is 11.8 Å². The minimum atomic E-state index is -5.88. The molecule has 12 heteroatoms. The van der Waals surface area contributed by atoms with Crippen molar-refractivity contribution in [2.75, 3.05) is 0 Å². The van der Waals surface area contributed by atoms with Crippen LogP contribution in [0.25, 0.3) is 0 Å². The molecule has 0 bridgehead atoms. The maximum absolute atomic E-state index is 14.3. The average molecular weight is 448 g/mol. The number of alkyl halides is 6. The van der Waals surface area contributed by atoms with Gasteiger partial charge in [-0.3, -0.25) is 0 Å². The van der Waals surface area contributed by atoms with Crippen molar-refractivity contribution in [2.24, 2.45) is 17.3 Å². The summed E-state index contributed by atoms with van der Waals surface area (Å²) < 4.78 is 94.3. The van der Waals surface area contributed by atoms with Crippen molar-refractivity contribution in [3.05, 3.63) is 46.6 Å². The van der Waals surface area contributed by atoms with Gasteiger partial charge in [-0.15, -0.1) is 0 Å². The predicted molar refractivity (Wildman–Crippen MR) is 85.3 cm³/mol. The van der Waals surface area contributed by atoms with Crippen molar-refractivity contribution < 1.29 is 55.0 Å². The van der Waals surface area contributed by atoms with Gasteiger partial charge in [-0.2, -0.15) is 26.3 Å². The molecule has 0 aromatic rings. The number of rotatable bonds is 2. The highest BCUT2D eigenvalue weighted by Crippen LogP contribution is 2.63. The highest BCUT2D eigenvalue weighted by molar-refractivity contribution is 6.19. The van der Waals surface area contributed by atoms with Crippen LogP contribution in [-0.4, -0.2) is 36.2 Å². The highest BCUT2D eigenvalue weighted by Gasteiger charge is 2.76. The lowest BCUT2D eigenvalue weighted by molar-refractivity contribution is -0.367. The van der Waals surface area contributed by atoms with Crippen LogP contribution in [0.15, 0.2) is 46.6 Å². The number of fused-ring (bicyclic) bond motifs is 2. The molecule has 2 saturated heterocycles. The number of ether oxygens (including phenoxy) is 2. The molecule has 0 radical (unpaired) electrons. The molecule has 0 saturated carbocycles. The predicted octanol–water partition coefficient (Wildman–Crippen LogP) is 3.01. The van der Waals surface area contributed by atoms with E-state index >= 15 is 0 Å². The number of hydrogen-bond acceptors (Lipinski definition) is 6. The van der Waals surface area contributed by atoms with Crippen LogP contribution < -0.4 is 0 Å². The zero-order valence-electron chi connectivity index (χ0n) is 15.1. The SMILES string of the molecule is O=C1OC(=O)C2=CC(C(C3C=C4C(=O)OC(=O)C4=CC3)(C(F)(F)F)C(F)(F)F)CC=C12. The Kier molecular flexibility index (Phi) is 4.36. The van der Waals surface area contributed by atoms with E-state index in [1.165, 1.54) is 0 Å². The third-order valence-corrected chi connectivity index (χ3v) is 5.83. The minimum absolute atomic E-state index is 0.395. The first-order chi connectivity index (χ1) is 14.3. The molecule has 2 fully saturated rings. The van der Waals surface area contributed by atoms with Crippen LogP contribution in [-0.2, 0) is 28.7 Å². The van der Waals surface area contributed by atoms with Crippen molar-refractivity contribution in [2.45, 2.75) is 25.2 Å². The molecule has 2 aliphatic heterocycles. The molecule has 0 spiro atoms. The first kappa shape index (κ1) is 21.1. The van der Waals surface area contributed by atoms with E-state index in [2.05, 4.69) is 9.47 Å². The van der Waals surface area contributed by atoms with Gasteiger partial charge in [0.15, 0.2) is 5.41 Å². The molecule has 4 aliphatic rings. The fraction of sp³-hybridized carbons (Fsp3) is 0.368. The molecule has 0 aromatic heterocycles. The average Bonchev–Trinajstić information content (AvgIpc) is 3.09. The molecule has 2 atom stereocenters. The molecule has 2 aliphatic carbocycles. The van der Waals surface area contributed by atoms with Gasteiger partial charge in [0.1, 0.15) is 0 Å². The molecule has 31 heavy (non-hydrogen) atoms. The molecule has 4 rings (SSSR count). The summed E-state index contributed by atoms with van der Waals surface area (Å²) in [5, 5.41) is 0. The molecule has 0 amide bonds. The van der Waals surface area contributed by atoms with Crippen molar-refractivity contribution in [3.8, 4) is 0 Å². The monoisotopic (exact) mass is 448 g/mol. The van der Waals surface area contributed by atoms with E-state index in [4.69, 9.17) is 0 Å². The number of halogens is 6. The molecule has 2 heterocycles. The zero-order valence-corrected chi connectivity index (χ0v) is 15.1. The van der Waals surface area contributed by atoms with E-state index in [-0.39, 0.29) is 0 Å². The second-order valence-electron chi connectivity index (χ2n) is 7.30. The summed E-state index contributed by atoms with van der Waals surface area (Å²) in [4.78, 5) is 46.7. The largest absolute Gasteiger partial charge is 0.404 e. The number of allylic oxidation sites excluding steroid dienone is 4. The molecule has 6 nitrogen and oxygen atoms in total. The Morgan fingerprint density at radius 1 is 0.613 bits per heavy atom. The van der Waals surface area contributed by atoms with Crippen molar-refractivity contribution in [1.82, 2.24) is 0 Å². The Bertz CT molecular complexity index is 971. The van der Waals surface area contributed by atoms with Crippen LogP contribution in [0, 0.1) is 17.3 Å². The topological polar surface area (TPSA) is 86.7 Å². The fourth-order valence-electron chi connectivity index (χ4n) is 4.47.